The molecule has 2 aromatic rings. The van der Waals surface area contributed by atoms with E-state index in [-0.39, 0.29) is 0 Å². The highest BCUT2D eigenvalue weighted by Gasteiger charge is 2.38. The van der Waals surface area contributed by atoms with E-state index in [4.69, 9.17) is 0 Å². The first kappa shape index (κ1) is 12.2. The summed E-state index contributed by atoms with van der Waals surface area (Å²) in [5.74, 6) is 1.33. The predicted molar refractivity (Wildman–Crippen MR) is 77.9 cm³/mol. The third-order valence-corrected chi connectivity index (χ3v) is 5.59. The number of aliphatic hydroxyl groups is 1. The molecule has 0 saturated heterocycles. The largest absolute Gasteiger partial charge is 0.385 e. The van der Waals surface area contributed by atoms with Crippen LogP contribution >= 0.6 is 11.3 Å². The van der Waals surface area contributed by atoms with E-state index in [1.54, 1.807) is 11.3 Å². The van der Waals surface area contributed by atoms with Gasteiger partial charge in [0.15, 0.2) is 0 Å². The van der Waals surface area contributed by atoms with Gasteiger partial charge in [0.2, 0.25) is 0 Å². The fourth-order valence-corrected chi connectivity index (χ4v) is 4.20. The Hall–Kier alpha value is -0.860. The van der Waals surface area contributed by atoms with Crippen molar-refractivity contribution in [1.29, 1.82) is 0 Å². The molecule has 18 heavy (non-hydrogen) atoms. The van der Waals surface area contributed by atoms with Gasteiger partial charge in [-0.05, 0) is 47.9 Å². The Labute approximate surface area is 112 Å². The van der Waals surface area contributed by atoms with Crippen LogP contribution in [0.1, 0.15) is 38.7 Å². The van der Waals surface area contributed by atoms with Gasteiger partial charge in [-0.3, -0.25) is 0 Å². The van der Waals surface area contributed by atoms with Crippen molar-refractivity contribution < 1.29 is 5.11 Å². The first-order valence-electron chi connectivity index (χ1n) is 6.79. The average Bonchev–Trinajstić information content (AvgIpc) is 2.82. The van der Waals surface area contributed by atoms with Crippen molar-refractivity contribution in [2.75, 3.05) is 0 Å². The zero-order valence-electron chi connectivity index (χ0n) is 11.0. The van der Waals surface area contributed by atoms with Crippen LogP contribution in [0.25, 0.3) is 10.1 Å². The fourth-order valence-electron chi connectivity index (χ4n) is 3.19. The summed E-state index contributed by atoms with van der Waals surface area (Å²) in [6.07, 6.45) is 2.92. The minimum atomic E-state index is -0.615. The maximum absolute atomic E-state index is 11.1. The van der Waals surface area contributed by atoms with Gasteiger partial charge in [-0.25, -0.2) is 0 Å². The molecule has 96 valence electrons. The van der Waals surface area contributed by atoms with Crippen molar-refractivity contribution in [2.24, 2.45) is 11.8 Å². The number of hydrogen-bond donors (Lipinski definition) is 1. The molecule has 1 nitrogen and oxygen atoms in total. The lowest BCUT2D eigenvalue weighted by atomic mass is 9.70. The van der Waals surface area contributed by atoms with Gasteiger partial charge in [0, 0.05) is 10.3 Å². The van der Waals surface area contributed by atoms with Gasteiger partial charge in [0.25, 0.3) is 0 Å². The van der Waals surface area contributed by atoms with Crippen molar-refractivity contribution in [1.82, 2.24) is 0 Å². The number of benzene rings is 1. The molecule has 1 aliphatic rings. The lowest BCUT2D eigenvalue weighted by molar-refractivity contribution is -0.0322. The van der Waals surface area contributed by atoms with Crippen molar-refractivity contribution in [3.05, 3.63) is 35.2 Å². The van der Waals surface area contributed by atoms with E-state index >= 15 is 0 Å². The second-order valence-corrected chi connectivity index (χ2v) is 6.79. The Bertz CT molecular complexity index is 559. The Balaban J connectivity index is 2.05. The second-order valence-electron chi connectivity index (χ2n) is 5.87. The maximum Gasteiger partial charge on any atom is 0.0913 e. The standard InChI is InChI=1S/C16H20OS/c1-11-6-8-16(17,10-12(11)2)14-5-3-4-13-7-9-18-15(13)14/h3-5,7,9,11-12,17H,6,8,10H2,1-2H3. The average molecular weight is 260 g/mol. The topological polar surface area (TPSA) is 20.2 Å². The zero-order valence-corrected chi connectivity index (χ0v) is 11.8. The normalized spacial score (nSPS) is 32.8. The van der Waals surface area contributed by atoms with Crippen LogP contribution in [0.2, 0.25) is 0 Å². The maximum atomic E-state index is 11.1. The van der Waals surface area contributed by atoms with Crippen LogP contribution in [0.4, 0.5) is 0 Å². The van der Waals surface area contributed by atoms with Crippen LogP contribution in [0, 0.1) is 11.8 Å². The quantitative estimate of drug-likeness (QED) is 0.798. The molecule has 1 aliphatic carbocycles. The summed E-state index contributed by atoms with van der Waals surface area (Å²) in [7, 11) is 0. The number of thiophene rings is 1. The summed E-state index contributed by atoms with van der Waals surface area (Å²) >= 11 is 1.75. The van der Waals surface area contributed by atoms with E-state index < -0.39 is 5.60 Å². The molecule has 1 heterocycles. The molecule has 0 radical (unpaired) electrons. The summed E-state index contributed by atoms with van der Waals surface area (Å²) in [6.45, 7) is 4.57. The zero-order chi connectivity index (χ0) is 12.8. The first-order chi connectivity index (χ1) is 8.60. The van der Waals surface area contributed by atoms with Crippen molar-refractivity contribution in [2.45, 2.75) is 38.7 Å². The minimum Gasteiger partial charge on any atom is -0.385 e. The molecular weight excluding hydrogens is 240 g/mol. The summed E-state index contributed by atoms with van der Waals surface area (Å²) in [5, 5.41) is 14.4. The van der Waals surface area contributed by atoms with E-state index in [2.05, 4.69) is 43.5 Å². The number of rotatable bonds is 1. The Morgan fingerprint density at radius 2 is 2.06 bits per heavy atom. The number of fused-ring (bicyclic) bond motifs is 1. The molecule has 1 N–H and O–H groups in total. The van der Waals surface area contributed by atoms with E-state index in [0.29, 0.717) is 5.92 Å². The smallest absolute Gasteiger partial charge is 0.0913 e. The van der Waals surface area contributed by atoms with Crippen LogP contribution in [0.15, 0.2) is 29.6 Å². The highest BCUT2D eigenvalue weighted by atomic mass is 32.1. The van der Waals surface area contributed by atoms with E-state index in [1.165, 1.54) is 10.1 Å². The van der Waals surface area contributed by atoms with Gasteiger partial charge in [0.1, 0.15) is 0 Å². The second kappa shape index (κ2) is 4.36. The molecule has 3 atom stereocenters. The van der Waals surface area contributed by atoms with Crippen molar-refractivity contribution in [3.63, 3.8) is 0 Å². The summed E-state index contributed by atoms with van der Waals surface area (Å²) < 4.78 is 1.27. The van der Waals surface area contributed by atoms with Gasteiger partial charge in [-0.2, -0.15) is 0 Å². The lowest BCUT2D eigenvalue weighted by Crippen LogP contribution is -2.35. The highest BCUT2D eigenvalue weighted by Crippen LogP contribution is 2.45. The lowest BCUT2D eigenvalue weighted by Gasteiger charge is -2.39. The SMILES string of the molecule is CC1CCC(O)(c2cccc3ccsc23)CC1C. The predicted octanol–water partition coefficient (Wildman–Crippen LogP) is 4.55. The van der Waals surface area contributed by atoms with Gasteiger partial charge in [-0.1, -0.05) is 32.0 Å². The first-order valence-corrected chi connectivity index (χ1v) is 7.67. The van der Waals surface area contributed by atoms with Gasteiger partial charge < -0.3 is 5.11 Å². The molecule has 1 aromatic carbocycles. The molecule has 0 bridgehead atoms. The van der Waals surface area contributed by atoms with Crippen LogP contribution in [0.3, 0.4) is 0 Å². The molecule has 0 aliphatic heterocycles. The molecule has 1 saturated carbocycles. The third kappa shape index (κ3) is 1.88. The summed E-state index contributed by atoms with van der Waals surface area (Å²) in [6, 6.07) is 8.46. The van der Waals surface area contributed by atoms with Crippen molar-refractivity contribution in [3.8, 4) is 0 Å². The minimum absolute atomic E-state index is 0.596. The van der Waals surface area contributed by atoms with Crippen LogP contribution in [0.5, 0.6) is 0 Å². The fraction of sp³-hybridized carbons (Fsp3) is 0.500. The van der Waals surface area contributed by atoms with Crippen LogP contribution in [-0.4, -0.2) is 5.11 Å². The Morgan fingerprint density at radius 1 is 1.22 bits per heavy atom. The molecule has 0 amide bonds. The molecule has 3 rings (SSSR count). The van der Waals surface area contributed by atoms with E-state index in [0.717, 1.165) is 30.7 Å². The van der Waals surface area contributed by atoms with Crippen LogP contribution in [-0.2, 0) is 5.60 Å². The molecular formula is C16H20OS. The van der Waals surface area contributed by atoms with Gasteiger partial charge in [0.05, 0.1) is 5.60 Å². The molecule has 0 spiro atoms. The monoisotopic (exact) mass is 260 g/mol. The van der Waals surface area contributed by atoms with E-state index in [9.17, 15) is 5.11 Å². The number of hydrogen-bond acceptors (Lipinski definition) is 2. The highest BCUT2D eigenvalue weighted by molar-refractivity contribution is 7.17. The van der Waals surface area contributed by atoms with Gasteiger partial charge >= 0.3 is 0 Å². The Kier molecular flexibility index (Phi) is 2.95. The van der Waals surface area contributed by atoms with E-state index in [1.807, 2.05) is 0 Å². The summed E-state index contributed by atoms with van der Waals surface area (Å²) in [5.41, 5.74) is 0.532. The molecule has 3 unspecified atom stereocenters. The molecule has 2 heteroatoms. The Morgan fingerprint density at radius 3 is 2.83 bits per heavy atom. The third-order valence-electron chi connectivity index (χ3n) is 4.62. The molecule has 1 fully saturated rings. The van der Waals surface area contributed by atoms with Crippen molar-refractivity contribution >= 4 is 21.4 Å². The molecule has 1 aromatic heterocycles. The van der Waals surface area contributed by atoms with Crippen LogP contribution < -0.4 is 0 Å². The van der Waals surface area contributed by atoms with Gasteiger partial charge in [-0.15, -0.1) is 11.3 Å². The summed E-state index contributed by atoms with van der Waals surface area (Å²) in [4.78, 5) is 0.